The van der Waals surface area contributed by atoms with E-state index in [0.29, 0.717) is 4.57 Å². The summed E-state index contributed by atoms with van der Waals surface area (Å²) in [5.41, 5.74) is 4.43. The standard InChI is InChI=1S/C33H53N4O26PS.2Na/c1-9(40)35-15-19(45)27(65-8-13-18(44)20(46)23(49)30(60-13)61-25-11(6-39)59-29(56-2)24(50)21(25)47)33(31(51)52,62-26(15)16(42)10(41)5-38)63-64(54,55)57-7-12-17(43)22(48)28(58-12)37-4-3-14(34)36-32(37)53;;/h3-4,10-13,15-30,38-39,41-50H,5-8H2,1-2H3,(H,35,40)(H,51,52)(H,54,55)(H2,34,36,53);;/q;2*+1/p-2/t10-,11-,12-,13-,15-,16-,17-,18+,19-,20+,21-,22-,23-,24-,25-,26-,27-,28-,29-,30+,33-;;/m1../s1. The number of carboxylic acid groups (broad SMARTS) is 1. The largest absolute Gasteiger partial charge is 1.00 e. The number of nitrogens with two attached hydrogens (primary N) is 1. The number of methoxy groups -OCH3 is 1. The van der Waals surface area contributed by atoms with Crippen LogP contribution in [-0.4, -0.2) is 241 Å². The van der Waals surface area contributed by atoms with Crippen LogP contribution < -0.4 is 80.8 Å². The smallest absolute Gasteiger partial charge is 0.862 e. The monoisotopic (exact) mass is 1030 g/mol. The molecule has 0 radical (unpaired) electrons. The van der Waals surface area contributed by atoms with Crippen LogP contribution in [0.1, 0.15) is 13.2 Å². The molecule has 67 heavy (non-hydrogen) atoms. The van der Waals surface area contributed by atoms with Gasteiger partial charge >= 0.3 is 72.6 Å². The molecule has 4 aliphatic heterocycles. The number of aliphatic hydroxyl groups excluding tert-OH is 12. The van der Waals surface area contributed by atoms with Crippen LogP contribution in [0.15, 0.2) is 22.1 Å². The molecule has 0 amide bonds. The number of aliphatic carboxylic acids is 1. The minimum atomic E-state index is -6.02. The number of aromatic nitrogens is 2. The maximum absolute atomic E-state index is 13.7. The average Bonchev–Trinajstić information content (AvgIpc) is 3.53. The fourth-order valence-electron chi connectivity index (χ4n) is 7.40. The van der Waals surface area contributed by atoms with Gasteiger partial charge in [0.1, 0.15) is 97.2 Å². The third-order valence-corrected chi connectivity index (χ3v) is 13.2. The second kappa shape index (κ2) is 25.3. The number of carbonyl (C=O) groups is 1. The van der Waals surface area contributed by atoms with Gasteiger partial charge in [0.25, 0.3) is 0 Å². The molecule has 0 aromatic carbocycles. The second-order valence-corrected chi connectivity index (χ2v) is 17.7. The summed E-state index contributed by atoms with van der Waals surface area (Å²) in [5.74, 6) is -8.66. The van der Waals surface area contributed by atoms with Gasteiger partial charge in [0, 0.05) is 19.1 Å². The van der Waals surface area contributed by atoms with Gasteiger partial charge in [-0.25, -0.2) is 13.9 Å². The Labute approximate surface area is 427 Å². The molecule has 0 bridgehead atoms. The van der Waals surface area contributed by atoms with Gasteiger partial charge in [-0.05, 0) is 18.9 Å². The molecule has 34 heteroatoms. The van der Waals surface area contributed by atoms with Gasteiger partial charge in [-0.2, -0.15) is 4.98 Å². The number of phosphoric acid groups is 1. The van der Waals surface area contributed by atoms with E-state index in [0.717, 1.165) is 26.3 Å². The van der Waals surface area contributed by atoms with Crippen molar-refractivity contribution in [3.63, 3.8) is 0 Å². The van der Waals surface area contributed by atoms with E-state index in [1.54, 1.807) is 0 Å². The fraction of sp³-hybridized carbons (Fsp3) is 0.818. The summed E-state index contributed by atoms with van der Waals surface area (Å²) in [6.07, 6.45) is -34.5. The van der Waals surface area contributed by atoms with Crippen molar-refractivity contribution < 1.29 is 182 Å². The number of phosphoric ester groups is 1. The Morgan fingerprint density at radius 1 is 0.940 bits per heavy atom. The number of hydrogen-bond acceptors (Lipinski definition) is 29. The second-order valence-electron chi connectivity index (χ2n) is 15.2. The molecule has 1 aromatic rings. The topological polar surface area (TPSA) is 490 Å². The van der Waals surface area contributed by atoms with E-state index < -0.39 is 178 Å². The molecule has 0 saturated carbocycles. The number of anilines is 1. The molecular formula is C33H51N4Na2O26PS. The van der Waals surface area contributed by atoms with E-state index in [1.165, 1.54) is 0 Å². The zero-order chi connectivity index (χ0) is 48.5. The van der Waals surface area contributed by atoms with Crippen LogP contribution in [0.2, 0.25) is 0 Å². The third kappa shape index (κ3) is 13.3. The van der Waals surface area contributed by atoms with Gasteiger partial charge in [0.15, 0.2) is 18.8 Å². The summed E-state index contributed by atoms with van der Waals surface area (Å²) >= 11 is 0.133. The normalized spacial score (nSPS) is 41.0. The summed E-state index contributed by atoms with van der Waals surface area (Å²) in [5, 5.41) is 151. The van der Waals surface area contributed by atoms with E-state index in [1.807, 2.05) is 0 Å². The Kier molecular flexibility index (Phi) is 22.9. The van der Waals surface area contributed by atoms with Crippen molar-refractivity contribution in [3.05, 3.63) is 22.7 Å². The summed E-state index contributed by atoms with van der Waals surface area (Å²) in [7, 11) is -4.90. The number of ether oxygens (including phenoxy) is 6. The zero-order valence-corrected chi connectivity index (χ0v) is 41.6. The minimum Gasteiger partial charge on any atom is -0.862 e. The molecule has 4 aliphatic rings. The van der Waals surface area contributed by atoms with Gasteiger partial charge in [-0.1, -0.05) is 0 Å². The molecular weight excluding hydrogens is 977 g/mol. The van der Waals surface area contributed by atoms with Crippen molar-refractivity contribution in [2.24, 2.45) is 4.99 Å². The van der Waals surface area contributed by atoms with E-state index in [4.69, 9.17) is 43.2 Å². The average molecular weight is 1030 g/mol. The Morgan fingerprint density at radius 2 is 1.55 bits per heavy atom. The first-order chi connectivity index (χ1) is 30.4. The summed E-state index contributed by atoms with van der Waals surface area (Å²) in [6.45, 7) is -2.49. The van der Waals surface area contributed by atoms with E-state index in [9.17, 15) is 90.5 Å². The van der Waals surface area contributed by atoms with Crippen molar-refractivity contribution >= 4 is 37.3 Å². The molecule has 22 atom stereocenters. The first-order valence-electron chi connectivity index (χ1n) is 19.3. The SMILES string of the molecule is CO[C@@H]1O[C@H](CO)[C@@H](O[C@@H]2O[C@H](CS[C@@H]3[C@H](O)[C@@H](N=C(C)[O-])[C@H]([C@H](O)[C@H](O)CO)O[C@]3(OP(=O)(O)OC[C@H]3O[C@@H](n4ccc(N)nc4=O)[C@H](O)[C@@H]3O)C(=O)[O-])[C@H](O)[C@H](O)[C@H]2O)[C@H](O)[C@H]1O.[Na+].[Na+]. The number of aliphatic imine (C=N–C) groups is 1. The molecule has 5 rings (SSSR count). The van der Waals surface area contributed by atoms with Crippen molar-refractivity contribution in [2.45, 2.75) is 134 Å². The molecule has 0 spiro atoms. The number of aliphatic hydroxyl groups is 12. The Morgan fingerprint density at radius 3 is 2.12 bits per heavy atom. The van der Waals surface area contributed by atoms with Crippen LogP contribution in [0.4, 0.5) is 5.82 Å². The van der Waals surface area contributed by atoms with Crippen molar-refractivity contribution in [2.75, 3.05) is 38.4 Å². The Bertz CT molecular complexity index is 1920. The molecule has 15 N–H and O–H groups in total. The predicted molar refractivity (Wildman–Crippen MR) is 203 cm³/mol. The Hall–Kier alpha value is -0.640. The molecule has 30 nitrogen and oxygen atoms in total. The van der Waals surface area contributed by atoms with Crippen LogP contribution >= 0.6 is 19.6 Å². The van der Waals surface area contributed by atoms with Gasteiger partial charge in [0.2, 0.25) is 5.79 Å². The van der Waals surface area contributed by atoms with Gasteiger partial charge < -0.3 is 115 Å². The number of nitrogen functional groups attached to an aromatic ring is 1. The number of nitrogens with zero attached hydrogens (tertiary/aromatic N) is 3. The number of thioether (sulfide) groups is 1. The Balaban J connectivity index is 0.00000595. The van der Waals surface area contributed by atoms with Crippen LogP contribution in [0.25, 0.3) is 0 Å². The van der Waals surface area contributed by atoms with Crippen molar-refractivity contribution in [3.8, 4) is 0 Å². The summed E-state index contributed by atoms with van der Waals surface area (Å²) in [4.78, 5) is 43.7. The first-order valence-corrected chi connectivity index (χ1v) is 21.9. The van der Waals surface area contributed by atoms with Crippen LogP contribution in [0.5, 0.6) is 0 Å². The van der Waals surface area contributed by atoms with Gasteiger partial charge in [0.05, 0.1) is 37.3 Å². The minimum absolute atomic E-state index is 0. The molecule has 1 aromatic heterocycles. The number of carboxylic acids is 1. The molecule has 0 aliphatic carbocycles. The molecule has 372 valence electrons. The van der Waals surface area contributed by atoms with Gasteiger partial charge in [-0.15, -0.1) is 11.8 Å². The van der Waals surface area contributed by atoms with Crippen LogP contribution in [0.3, 0.4) is 0 Å². The number of hydrogen-bond donors (Lipinski definition) is 14. The fourth-order valence-corrected chi connectivity index (χ4v) is 9.88. The quantitative estimate of drug-likeness (QED) is 0.0281. The van der Waals surface area contributed by atoms with Crippen LogP contribution in [-0.2, 0) is 46.8 Å². The zero-order valence-electron chi connectivity index (χ0n) is 35.9. The summed E-state index contributed by atoms with van der Waals surface area (Å²) < 4.78 is 56.9. The van der Waals surface area contributed by atoms with E-state index >= 15 is 0 Å². The number of rotatable bonds is 18. The first kappa shape index (κ1) is 60.7. The summed E-state index contributed by atoms with van der Waals surface area (Å²) in [6, 6.07) is -0.962. The van der Waals surface area contributed by atoms with Gasteiger partial charge in [-0.3, -0.25) is 14.1 Å². The molecule has 5 heterocycles. The van der Waals surface area contributed by atoms with E-state index in [-0.39, 0.29) is 76.7 Å². The van der Waals surface area contributed by atoms with E-state index in [2.05, 4.69) is 9.98 Å². The molecule has 1 unspecified atom stereocenters. The maximum atomic E-state index is 13.7. The van der Waals surface area contributed by atoms with Crippen molar-refractivity contribution in [1.29, 1.82) is 0 Å². The predicted octanol–water partition coefficient (Wildman–Crippen LogP) is -17.0. The molecule has 4 saturated heterocycles. The van der Waals surface area contributed by atoms with Crippen molar-refractivity contribution in [1.82, 2.24) is 9.55 Å². The number of carbonyl (C=O) groups excluding carboxylic acids is 1. The molecule has 4 fully saturated rings. The third-order valence-electron chi connectivity index (χ3n) is 10.8. The maximum Gasteiger partial charge on any atom is 1.00 e. The van der Waals surface area contributed by atoms with Crippen LogP contribution in [0, 0.1) is 0 Å².